The maximum atomic E-state index is 13.7. The number of nitrogens with one attached hydrogen (secondary N) is 1. The summed E-state index contributed by atoms with van der Waals surface area (Å²) in [5.41, 5.74) is 3.05. The fourth-order valence-corrected chi connectivity index (χ4v) is 4.69. The molecule has 2 aromatic rings. The van der Waals surface area contributed by atoms with Crippen molar-refractivity contribution in [3.8, 4) is 0 Å². The summed E-state index contributed by atoms with van der Waals surface area (Å²) in [5, 5.41) is 3.39. The molecule has 0 radical (unpaired) electrons. The van der Waals surface area contributed by atoms with Gasteiger partial charge in [0.05, 0.1) is 13.2 Å². The summed E-state index contributed by atoms with van der Waals surface area (Å²) in [6, 6.07) is 17.9. The van der Waals surface area contributed by atoms with Gasteiger partial charge in [-0.3, -0.25) is 4.57 Å². The summed E-state index contributed by atoms with van der Waals surface area (Å²) in [6.07, 6.45) is 2.55. The highest BCUT2D eigenvalue weighted by atomic mass is 31.2. The van der Waals surface area contributed by atoms with Crippen molar-refractivity contribution in [3.63, 3.8) is 0 Å². The molecule has 0 amide bonds. The second-order valence-electron chi connectivity index (χ2n) is 6.21. The zero-order chi connectivity index (χ0) is 18.8. The molecule has 2 rings (SSSR count). The first kappa shape index (κ1) is 20.7. The van der Waals surface area contributed by atoms with E-state index in [9.17, 15) is 4.57 Å². The van der Waals surface area contributed by atoms with Crippen molar-refractivity contribution >= 4 is 13.3 Å². The Morgan fingerprint density at radius 1 is 0.885 bits per heavy atom. The Kier molecular flexibility index (Phi) is 8.37. The third kappa shape index (κ3) is 5.70. The molecule has 0 aromatic heterocycles. The molecule has 4 nitrogen and oxygen atoms in total. The molecule has 2 aromatic carbocycles. The van der Waals surface area contributed by atoms with E-state index in [1.807, 2.05) is 56.3 Å². The highest BCUT2D eigenvalue weighted by Gasteiger charge is 2.37. The number of hydrogen-bond acceptors (Lipinski definition) is 4. The van der Waals surface area contributed by atoms with Gasteiger partial charge >= 0.3 is 7.60 Å². The SMILES string of the molecule is CCCOP(=O)(OCCC)C(Nc1ccc(CC)cc1)c1ccccc1. The first-order chi connectivity index (χ1) is 12.6. The topological polar surface area (TPSA) is 47.6 Å². The van der Waals surface area contributed by atoms with Crippen LogP contribution in [0.3, 0.4) is 0 Å². The number of rotatable bonds is 11. The molecule has 0 spiro atoms. The van der Waals surface area contributed by atoms with Crippen molar-refractivity contribution in [2.24, 2.45) is 0 Å². The molecule has 26 heavy (non-hydrogen) atoms. The second-order valence-corrected chi connectivity index (χ2v) is 8.33. The van der Waals surface area contributed by atoms with Gasteiger partial charge in [-0.1, -0.05) is 63.2 Å². The van der Waals surface area contributed by atoms with E-state index in [0.717, 1.165) is 30.5 Å². The number of benzene rings is 2. The molecule has 1 atom stereocenters. The van der Waals surface area contributed by atoms with E-state index in [1.165, 1.54) is 5.56 Å². The van der Waals surface area contributed by atoms with Crippen LogP contribution in [0.25, 0.3) is 0 Å². The molecule has 0 bridgehead atoms. The van der Waals surface area contributed by atoms with Crippen molar-refractivity contribution in [1.82, 2.24) is 0 Å². The fourth-order valence-electron chi connectivity index (χ4n) is 2.60. The van der Waals surface area contributed by atoms with Crippen molar-refractivity contribution in [1.29, 1.82) is 0 Å². The van der Waals surface area contributed by atoms with Crippen LogP contribution in [0.5, 0.6) is 0 Å². The Bertz CT molecular complexity index is 676. The molecule has 1 N–H and O–H groups in total. The predicted molar refractivity (Wildman–Crippen MR) is 109 cm³/mol. The molecule has 5 heteroatoms. The minimum absolute atomic E-state index is 0.404. The van der Waals surface area contributed by atoms with Gasteiger partial charge in [0, 0.05) is 5.69 Å². The van der Waals surface area contributed by atoms with E-state index in [1.54, 1.807) is 0 Å². The van der Waals surface area contributed by atoms with Gasteiger partial charge < -0.3 is 14.4 Å². The van der Waals surface area contributed by atoms with Crippen molar-refractivity contribution in [3.05, 3.63) is 65.7 Å². The average Bonchev–Trinajstić information content (AvgIpc) is 2.70. The molecule has 0 saturated carbocycles. The highest BCUT2D eigenvalue weighted by molar-refractivity contribution is 7.54. The van der Waals surface area contributed by atoms with E-state index in [-0.39, 0.29) is 0 Å². The van der Waals surface area contributed by atoms with Gasteiger partial charge in [0.2, 0.25) is 0 Å². The van der Waals surface area contributed by atoms with Crippen LogP contribution < -0.4 is 5.32 Å². The van der Waals surface area contributed by atoms with Crippen LogP contribution in [0.15, 0.2) is 54.6 Å². The Balaban J connectivity index is 2.35. The summed E-state index contributed by atoms with van der Waals surface area (Å²) < 4.78 is 25.2. The lowest BCUT2D eigenvalue weighted by Crippen LogP contribution is -2.16. The minimum Gasteiger partial charge on any atom is -0.368 e. The van der Waals surface area contributed by atoms with Gasteiger partial charge in [0.1, 0.15) is 0 Å². The van der Waals surface area contributed by atoms with Crippen molar-refractivity contribution < 1.29 is 13.6 Å². The minimum atomic E-state index is -3.38. The second kappa shape index (κ2) is 10.5. The van der Waals surface area contributed by atoms with E-state index in [2.05, 4.69) is 24.4 Å². The number of anilines is 1. The quantitative estimate of drug-likeness (QED) is 0.461. The number of hydrogen-bond donors (Lipinski definition) is 1. The fraction of sp³-hybridized carbons (Fsp3) is 0.429. The summed E-state index contributed by atoms with van der Waals surface area (Å²) >= 11 is 0. The summed E-state index contributed by atoms with van der Waals surface area (Å²) in [4.78, 5) is 0. The molecule has 0 fully saturated rings. The largest absolute Gasteiger partial charge is 0.368 e. The molecular formula is C21H30NO3P. The zero-order valence-electron chi connectivity index (χ0n) is 16.0. The van der Waals surface area contributed by atoms with Crippen LogP contribution in [-0.2, 0) is 20.0 Å². The maximum absolute atomic E-state index is 13.7. The van der Waals surface area contributed by atoms with Crippen LogP contribution >= 0.6 is 7.60 Å². The Morgan fingerprint density at radius 3 is 1.96 bits per heavy atom. The highest BCUT2D eigenvalue weighted by Crippen LogP contribution is 2.61. The monoisotopic (exact) mass is 375 g/mol. The van der Waals surface area contributed by atoms with Crippen LogP contribution in [0.2, 0.25) is 0 Å². The van der Waals surface area contributed by atoms with Gasteiger partial charge in [0.25, 0.3) is 0 Å². The number of aryl methyl sites for hydroxylation is 1. The van der Waals surface area contributed by atoms with Crippen molar-refractivity contribution in [2.45, 2.75) is 45.8 Å². The van der Waals surface area contributed by atoms with Gasteiger partial charge in [-0.2, -0.15) is 0 Å². The van der Waals surface area contributed by atoms with Crippen LogP contribution in [0.1, 0.15) is 50.5 Å². The lowest BCUT2D eigenvalue weighted by molar-refractivity contribution is 0.199. The van der Waals surface area contributed by atoms with E-state index < -0.39 is 13.4 Å². The molecule has 0 heterocycles. The summed E-state index contributed by atoms with van der Waals surface area (Å²) in [6.45, 7) is 6.93. The lowest BCUT2D eigenvalue weighted by Gasteiger charge is -2.28. The first-order valence-corrected chi connectivity index (χ1v) is 11.0. The maximum Gasteiger partial charge on any atom is 0.357 e. The third-order valence-corrected chi connectivity index (χ3v) is 6.19. The van der Waals surface area contributed by atoms with Crippen molar-refractivity contribution in [2.75, 3.05) is 18.5 Å². The first-order valence-electron chi connectivity index (χ1n) is 9.42. The summed E-state index contributed by atoms with van der Waals surface area (Å²) in [5.74, 6) is -0.547. The van der Waals surface area contributed by atoms with Gasteiger partial charge in [0.15, 0.2) is 5.78 Å². The van der Waals surface area contributed by atoms with E-state index >= 15 is 0 Å². The molecule has 0 saturated heterocycles. The molecule has 0 aliphatic carbocycles. The van der Waals surface area contributed by atoms with E-state index in [4.69, 9.17) is 9.05 Å². The zero-order valence-corrected chi connectivity index (χ0v) is 16.9. The lowest BCUT2D eigenvalue weighted by atomic mass is 10.1. The standard InChI is InChI=1S/C21H30NO3P/c1-4-16-24-26(23,25-17-5-2)21(19-10-8-7-9-11-19)22-20-14-12-18(6-3)13-15-20/h7-15,21-22H,4-6,16-17H2,1-3H3. The Hall–Kier alpha value is -1.61. The smallest absolute Gasteiger partial charge is 0.357 e. The third-order valence-electron chi connectivity index (χ3n) is 4.05. The Morgan fingerprint density at radius 2 is 1.46 bits per heavy atom. The Labute approximate surface area is 157 Å². The van der Waals surface area contributed by atoms with Gasteiger partial charge in [-0.15, -0.1) is 0 Å². The molecular weight excluding hydrogens is 345 g/mol. The normalized spacial score (nSPS) is 12.7. The molecule has 1 unspecified atom stereocenters. The van der Waals surface area contributed by atoms with Crippen LogP contribution in [0, 0.1) is 0 Å². The van der Waals surface area contributed by atoms with E-state index in [0.29, 0.717) is 13.2 Å². The summed E-state index contributed by atoms with van der Waals surface area (Å²) in [7, 11) is -3.38. The molecule has 0 aliphatic heterocycles. The average molecular weight is 375 g/mol. The molecule has 142 valence electrons. The van der Waals surface area contributed by atoms with Crippen LogP contribution in [0.4, 0.5) is 5.69 Å². The van der Waals surface area contributed by atoms with Gasteiger partial charge in [-0.05, 0) is 42.5 Å². The predicted octanol–water partition coefficient (Wildman–Crippen LogP) is 6.41. The molecule has 0 aliphatic rings. The van der Waals surface area contributed by atoms with Gasteiger partial charge in [-0.25, -0.2) is 0 Å². The van der Waals surface area contributed by atoms with Crippen LogP contribution in [-0.4, -0.2) is 13.2 Å².